The number of amides is 1. The molecule has 0 unspecified atom stereocenters. The Morgan fingerprint density at radius 1 is 1.21 bits per heavy atom. The van der Waals surface area contributed by atoms with Crippen molar-refractivity contribution in [3.63, 3.8) is 0 Å². The van der Waals surface area contributed by atoms with Crippen molar-refractivity contribution < 1.29 is 9.90 Å². The Morgan fingerprint density at radius 3 is 2.55 bits per heavy atom. The average Bonchev–Trinajstić information content (AvgIpc) is 3.23. The molecule has 10 nitrogen and oxygen atoms in total. The third kappa shape index (κ3) is 5.23. The fraction of sp³-hybridized carbons (Fsp3) is 0.500. The van der Waals surface area contributed by atoms with Gasteiger partial charge in [0.1, 0.15) is 5.52 Å². The molecule has 0 aliphatic heterocycles. The van der Waals surface area contributed by atoms with Crippen LogP contribution in [0.2, 0.25) is 10.0 Å². The van der Waals surface area contributed by atoms with Crippen LogP contribution in [0.25, 0.3) is 11.2 Å². The number of hydrogen-bond donors (Lipinski definition) is 4. The van der Waals surface area contributed by atoms with Gasteiger partial charge in [-0.15, -0.1) is 0 Å². The number of nitrogens with zero attached hydrogens (tertiary/aromatic N) is 5. The predicted molar refractivity (Wildman–Crippen MR) is 146 cm³/mol. The van der Waals surface area contributed by atoms with Crippen LogP contribution in [0.1, 0.15) is 69.9 Å². The molecule has 3 aromatic rings. The van der Waals surface area contributed by atoms with Gasteiger partial charge < -0.3 is 21.5 Å². The maximum Gasteiger partial charge on any atom is 0.224 e. The summed E-state index contributed by atoms with van der Waals surface area (Å²) in [6.45, 7) is 1.91. The van der Waals surface area contributed by atoms with E-state index >= 15 is 0 Å². The molecule has 38 heavy (non-hydrogen) atoms. The first-order valence-electron chi connectivity index (χ1n) is 12.8. The number of primary amides is 1. The smallest absolute Gasteiger partial charge is 0.224 e. The summed E-state index contributed by atoms with van der Waals surface area (Å²) in [6, 6.07) is 5.22. The van der Waals surface area contributed by atoms with Crippen molar-refractivity contribution in [2.45, 2.75) is 76.5 Å². The number of carbonyl (C=O) groups excluding carboxylic acids is 1. The summed E-state index contributed by atoms with van der Waals surface area (Å²) < 4.78 is 2.02. The van der Waals surface area contributed by atoms with E-state index in [1.807, 2.05) is 17.6 Å². The minimum Gasteiger partial charge on any atom is -0.393 e. The summed E-state index contributed by atoms with van der Waals surface area (Å²) in [5, 5.41) is 26.5. The molecule has 0 radical (unpaired) electrons. The van der Waals surface area contributed by atoms with Gasteiger partial charge in [0.2, 0.25) is 17.8 Å². The zero-order chi connectivity index (χ0) is 27.0. The molecule has 5 N–H and O–H groups in total. The molecule has 200 valence electrons. The van der Waals surface area contributed by atoms with Gasteiger partial charge in [0.15, 0.2) is 5.65 Å². The lowest BCUT2D eigenvalue weighted by Gasteiger charge is -2.35. The number of imidazole rings is 1. The van der Waals surface area contributed by atoms with Crippen LogP contribution in [0.5, 0.6) is 0 Å². The molecular weight excluding hydrogens is 527 g/mol. The number of nitrogens with two attached hydrogens (primary N) is 1. The van der Waals surface area contributed by atoms with E-state index in [0.29, 0.717) is 76.5 Å². The maximum atomic E-state index is 12.1. The monoisotopic (exact) mass is 556 g/mol. The second kappa shape index (κ2) is 10.6. The molecule has 5 rings (SSSR count). The van der Waals surface area contributed by atoms with Crippen LogP contribution in [-0.4, -0.2) is 42.7 Å². The molecule has 1 aromatic carbocycles. The minimum absolute atomic E-state index is 0.00916. The van der Waals surface area contributed by atoms with Crippen molar-refractivity contribution in [1.29, 1.82) is 5.26 Å². The molecule has 2 saturated carbocycles. The van der Waals surface area contributed by atoms with E-state index in [1.54, 1.807) is 18.3 Å². The normalized spacial score (nSPS) is 25.6. The predicted octanol–water partition coefficient (Wildman–Crippen LogP) is 5.07. The second-order valence-corrected chi connectivity index (χ2v) is 11.4. The van der Waals surface area contributed by atoms with Crippen LogP contribution in [0.4, 0.5) is 17.6 Å². The first kappa shape index (κ1) is 26.5. The second-order valence-electron chi connectivity index (χ2n) is 10.6. The summed E-state index contributed by atoms with van der Waals surface area (Å²) >= 11 is 12.9. The molecule has 2 aliphatic carbocycles. The molecule has 1 amide bonds. The van der Waals surface area contributed by atoms with Crippen LogP contribution >= 0.6 is 23.2 Å². The SMILES string of the molecule is C[C@]1(C(N)=O)CC[C@H](n2c(Nc3c(Cl)cc(C#N)cc3Cl)nc3cnc(N[C@H]4CCC[C@H](O)C4)nc32)CC1. The molecule has 2 fully saturated rings. The molecule has 2 heterocycles. The summed E-state index contributed by atoms with van der Waals surface area (Å²) in [6.07, 6.45) is 7.38. The van der Waals surface area contributed by atoms with Crippen molar-refractivity contribution in [1.82, 2.24) is 19.5 Å². The highest BCUT2D eigenvalue weighted by Crippen LogP contribution is 2.43. The Labute approximate surface area is 230 Å². The van der Waals surface area contributed by atoms with Gasteiger partial charge in [-0.1, -0.05) is 30.1 Å². The van der Waals surface area contributed by atoms with E-state index in [2.05, 4.69) is 15.6 Å². The van der Waals surface area contributed by atoms with E-state index < -0.39 is 5.41 Å². The zero-order valence-corrected chi connectivity index (χ0v) is 22.6. The van der Waals surface area contributed by atoms with Gasteiger partial charge in [0, 0.05) is 17.5 Å². The number of aromatic nitrogens is 4. The Kier molecular flexibility index (Phi) is 7.36. The van der Waals surface area contributed by atoms with Crippen molar-refractivity contribution in [3.8, 4) is 6.07 Å². The molecular formula is C26H30Cl2N8O2. The van der Waals surface area contributed by atoms with Crippen LogP contribution < -0.4 is 16.4 Å². The Morgan fingerprint density at radius 2 is 1.92 bits per heavy atom. The highest BCUT2D eigenvalue weighted by Gasteiger charge is 2.38. The molecule has 12 heteroatoms. The molecule has 2 atom stereocenters. The van der Waals surface area contributed by atoms with Crippen LogP contribution in [-0.2, 0) is 4.79 Å². The first-order chi connectivity index (χ1) is 18.2. The number of benzene rings is 1. The Hall–Kier alpha value is -3.13. The summed E-state index contributed by atoms with van der Waals surface area (Å²) in [5.41, 5.74) is 7.15. The molecule has 0 spiro atoms. The van der Waals surface area contributed by atoms with Crippen molar-refractivity contribution in [3.05, 3.63) is 33.9 Å². The highest BCUT2D eigenvalue weighted by molar-refractivity contribution is 6.39. The largest absolute Gasteiger partial charge is 0.393 e. The van der Waals surface area contributed by atoms with Gasteiger partial charge >= 0.3 is 0 Å². The summed E-state index contributed by atoms with van der Waals surface area (Å²) in [4.78, 5) is 26.1. The van der Waals surface area contributed by atoms with E-state index in [0.717, 1.165) is 19.3 Å². The summed E-state index contributed by atoms with van der Waals surface area (Å²) in [7, 11) is 0. The number of rotatable bonds is 6. The number of fused-ring (bicyclic) bond motifs is 1. The lowest BCUT2D eigenvalue weighted by molar-refractivity contribution is -0.128. The van der Waals surface area contributed by atoms with Gasteiger partial charge in [-0.3, -0.25) is 9.36 Å². The fourth-order valence-corrected chi connectivity index (χ4v) is 6.07. The van der Waals surface area contributed by atoms with E-state index in [9.17, 15) is 15.2 Å². The highest BCUT2D eigenvalue weighted by atomic mass is 35.5. The number of halogens is 2. The molecule has 2 aromatic heterocycles. The number of nitrogens with one attached hydrogen (secondary N) is 2. The van der Waals surface area contributed by atoms with E-state index in [4.69, 9.17) is 38.9 Å². The average molecular weight is 557 g/mol. The Bertz CT molecular complexity index is 1390. The lowest BCUT2D eigenvalue weighted by atomic mass is 9.73. The first-order valence-corrected chi connectivity index (χ1v) is 13.6. The van der Waals surface area contributed by atoms with Crippen molar-refractivity contribution >= 4 is 57.9 Å². The number of aliphatic hydroxyl groups excluding tert-OH is 1. The van der Waals surface area contributed by atoms with E-state index in [1.165, 1.54) is 0 Å². The number of carbonyl (C=O) groups is 1. The number of anilines is 3. The lowest BCUT2D eigenvalue weighted by Crippen LogP contribution is -2.38. The van der Waals surface area contributed by atoms with Gasteiger partial charge in [0.25, 0.3) is 0 Å². The van der Waals surface area contributed by atoms with Crippen molar-refractivity contribution in [2.75, 3.05) is 10.6 Å². The summed E-state index contributed by atoms with van der Waals surface area (Å²) in [5.74, 6) is 0.668. The number of hydrogen-bond acceptors (Lipinski definition) is 8. The van der Waals surface area contributed by atoms with Crippen molar-refractivity contribution in [2.24, 2.45) is 11.1 Å². The number of aliphatic hydroxyl groups is 1. The zero-order valence-electron chi connectivity index (χ0n) is 21.0. The van der Waals surface area contributed by atoms with Gasteiger partial charge in [-0.05, 0) is 63.5 Å². The van der Waals surface area contributed by atoms with Gasteiger partial charge in [-0.25, -0.2) is 9.97 Å². The van der Waals surface area contributed by atoms with E-state index in [-0.39, 0.29) is 24.1 Å². The quantitative estimate of drug-likeness (QED) is 0.328. The number of nitriles is 1. The third-order valence-corrected chi connectivity index (χ3v) is 8.44. The van der Waals surface area contributed by atoms with Gasteiger partial charge in [-0.2, -0.15) is 10.2 Å². The molecule has 2 aliphatic rings. The topological polar surface area (TPSA) is 155 Å². The van der Waals surface area contributed by atoms with Crippen LogP contribution in [0.15, 0.2) is 18.3 Å². The standard InChI is InChI=1S/C26H30Cl2N8O2/c1-26(23(30)38)7-5-16(6-8-26)36-22-20(13-31-24(35-22)32-15-3-2-4-17(37)11-15)33-25(36)34-21-18(27)9-14(12-29)10-19(21)28/h9-10,13,15-17,37H,2-8,11H2,1H3,(H2,30,38)(H,33,34)(H,31,32,35)/t15-,16-,17-,26-/m0/s1. The minimum atomic E-state index is -0.552. The molecule has 0 bridgehead atoms. The van der Waals surface area contributed by atoms with Crippen LogP contribution in [0, 0.1) is 16.7 Å². The van der Waals surface area contributed by atoms with Crippen LogP contribution in [0.3, 0.4) is 0 Å². The fourth-order valence-electron chi connectivity index (χ4n) is 5.49. The van der Waals surface area contributed by atoms with Gasteiger partial charge in [0.05, 0.1) is 39.7 Å². The Balaban J connectivity index is 1.53. The maximum absolute atomic E-state index is 12.1. The third-order valence-electron chi connectivity index (χ3n) is 7.84. The molecule has 0 saturated heterocycles.